The molecule has 0 radical (unpaired) electrons. The van der Waals surface area contributed by atoms with Crippen LogP contribution in [0.3, 0.4) is 0 Å². The number of benzene rings is 8. The number of piperidine rings is 4. The van der Waals surface area contributed by atoms with Crippen molar-refractivity contribution < 1.29 is 111 Å². The van der Waals surface area contributed by atoms with E-state index in [1.165, 1.54) is 50.6 Å². The first kappa shape index (κ1) is 116. The summed E-state index contributed by atoms with van der Waals surface area (Å²) in [5, 5.41) is 21.5. The van der Waals surface area contributed by atoms with Crippen molar-refractivity contribution in [1.82, 2.24) is 24.7 Å². The number of halogens is 13. The molecule has 1 unspecified atom stereocenters. The number of alkyl halides is 1. The first-order valence-electron chi connectivity index (χ1n) is 47.9. The summed E-state index contributed by atoms with van der Waals surface area (Å²) in [5.41, 5.74) is 7.16. The van der Waals surface area contributed by atoms with Gasteiger partial charge in [0.25, 0.3) is 5.91 Å². The maximum Gasteiger partial charge on any atom is 1.00 e. The summed E-state index contributed by atoms with van der Waals surface area (Å²) in [5.74, 6) is -1.23. The molecule has 18 rings (SSSR count). The van der Waals surface area contributed by atoms with Crippen LogP contribution in [-0.2, 0) is 29.5 Å². The SMILES string of the molecule is CC(Cl)c1cc(Cl)cc(Cl)c1.COC(=O)c1cc(C2CC2)c(OCC2CCN([C@H](C)c3cc(Cl)cc(Cl)c3)CC2)cc1F.COC(=O)c1cc(C2CC2)c(OCC2CCNCC2)cc1F.C[C@H](c1cc(Cl)cc(Cl)c1)N1CCC(COc2cc(F)c(C(=O)NS(=O)(=O)C3CC3)cc2C2CC2)CC1.C[C@H](c1cc(Cl)cc(Cl)c1)N1CCC(COc2cc(F)c(C(=O)O)cc2C2CC2)CC1.NS(=O)(=O)C1CC1.[Li+].[OH-]. The molecule has 142 heavy (non-hydrogen) atoms. The minimum absolute atomic E-state index is 0. The minimum atomic E-state index is -3.75. The largest absolute Gasteiger partial charge is 1.00 e. The number of hydrogen-bond donors (Lipinski definition) is 4. The maximum absolute atomic E-state index is 14.9. The van der Waals surface area contributed by atoms with E-state index >= 15 is 0 Å². The van der Waals surface area contributed by atoms with Gasteiger partial charge in [0.05, 0.1) is 78.8 Å². The van der Waals surface area contributed by atoms with Gasteiger partial charge in [-0.05, 0) is 397 Å². The molecule has 22 nitrogen and oxygen atoms in total. The van der Waals surface area contributed by atoms with E-state index in [0.717, 1.165) is 212 Å². The molecule has 0 bridgehead atoms. The molecule has 0 aromatic heterocycles. The van der Waals surface area contributed by atoms with E-state index in [1.54, 1.807) is 36.4 Å². The van der Waals surface area contributed by atoms with Crippen molar-refractivity contribution in [3.63, 3.8) is 0 Å². The fraction of sp³-hybridized carbons (Fsp3) is 0.500. The topological polar surface area (TPSA) is 302 Å². The third-order valence-electron chi connectivity index (χ3n) is 27.3. The smallest absolute Gasteiger partial charge is 0.870 e. The second kappa shape index (κ2) is 53.0. The zero-order chi connectivity index (χ0) is 101. The van der Waals surface area contributed by atoms with Crippen molar-refractivity contribution in [2.75, 3.05) is 93.0 Å². The second-order valence-electron chi connectivity index (χ2n) is 38.2. The van der Waals surface area contributed by atoms with Crippen LogP contribution >= 0.6 is 104 Å². The molecule has 4 aliphatic heterocycles. The Labute approximate surface area is 887 Å². The van der Waals surface area contributed by atoms with Gasteiger partial charge < -0.3 is 44.3 Å². The van der Waals surface area contributed by atoms with Crippen LogP contribution in [0.15, 0.2) is 121 Å². The minimum Gasteiger partial charge on any atom is -0.870 e. The number of carbonyl (C=O) groups is 4. The molecule has 10 aliphatic rings. The van der Waals surface area contributed by atoms with Crippen molar-refractivity contribution in [2.45, 2.75) is 214 Å². The van der Waals surface area contributed by atoms with Gasteiger partial charge in [-0.25, -0.2) is 58.6 Å². The molecule has 0 spiro atoms. The molecule has 1 amide bonds. The number of primary sulfonamides is 1. The van der Waals surface area contributed by atoms with Crippen LogP contribution in [0.4, 0.5) is 17.6 Å². The van der Waals surface area contributed by atoms with Crippen molar-refractivity contribution >= 4 is 148 Å². The number of carbonyl (C=O) groups excluding carboxylic acids is 3. The van der Waals surface area contributed by atoms with E-state index in [1.807, 2.05) is 60.2 Å². The van der Waals surface area contributed by atoms with E-state index in [2.05, 4.69) is 45.5 Å². The Balaban J connectivity index is 0.000000171. The van der Waals surface area contributed by atoms with Crippen LogP contribution < -0.4 is 53.0 Å². The Bertz CT molecular complexity index is 5860. The summed E-state index contributed by atoms with van der Waals surface area (Å²) in [6, 6.07) is 34.3. The van der Waals surface area contributed by atoms with Gasteiger partial charge >= 0.3 is 36.8 Å². The quantitative estimate of drug-likeness (QED) is 0.0141. The molecule has 6 aliphatic carbocycles. The first-order valence-corrected chi connectivity index (χ1v) is 54.5. The Kier molecular flexibility index (Phi) is 43.2. The first-order chi connectivity index (χ1) is 66.6. The van der Waals surface area contributed by atoms with Gasteiger partial charge in [-0.15, -0.1) is 11.6 Å². The average Bonchev–Trinajstić information content (AvgIpc) is 1.69. The molecule has 8 aromatic rings. The van der Waals surface area contributed by atoms with Gasteiger partial charge in [0, 0.05) is 82.6 Å². The zero-order valence-electron chi connectivity index (χ0n) is 80.5. The van der Waals surface area contributed by atoms with E-state index < -0.39 is 72.4 Å². The number of likely N-dealkylation sites (tertiary alicyclic amines) is 3. The monoisotopic (exact) mass is 2170 g/mol. The summed E-state index contributed by atoms with van der Waals surface area (Å²) in [6.45, 7) is 18.1. The van der Waals surface area contributed by atoms with Crippen LogP contribution in [-0.4, -0.2) is 169 Å². The fourth-order valence-electron chi connectivity index (χ4n) is 17.8. The van der Waals surface area contributed by atoms with Crippen LogP contribution in [0.1, 0.15) is 289 Å². The maximum atomic E-state index is 14.9. The Morgan fingerprint density at radius 2 is 0.641 bits per heavy atom. The van der Waals surface area contributed by atoms with Crippen molar-refractivity contribution in [3.05, 3.63) is 252 Å². The van der Waals surface area contributed by atoms with Crippen LogP contribution in [0.5, 0.6) is 23.0 Å². The van der Waals surface area contributed by atoms with Crippen LogP contribution in [0.25, 0.3) is 0 Å². The summed E-state index contributed by atoms with van der Waals surface area (Å²) in [4.78, 5) is 54.5. The summed E-state index contributed by atoms with van der Waals surface area (Å²) in [6.07, 6.45) is 18.6. The molecule has 4 saturated heterocycles. The summed E-state index contributed by atoms with van der Waals surface area (Å²) >= 11 is 54.3. The standard InChI is InChI=1S/C27H31Cl2FN2O4S.C25H28Cl2FNO3.C24H26Cl2FNO3.C17H22FNO3.C8H7Cl3.C3H7NO2S.Li.H2O/c1-16(19-10-20(28)12-21(29)11-19)32-8-6-17(7-9-32)15-36-26-14-25(30)24(13-23(26)18-2-3-18)27(33)31-37(34,35)22-4-5-22;1-15(18-9-19(26)11-20(27)10-18)29-7-5-16(6-8-29)14-32-24-13-23(28)22(25(30)31-2)12-21(24)17-3-4-17;1-14(17-8-18(25)10-19(26)9-17)28-6-4-15(5-7-28)13-31-23-12-22(27)21(24(29)30)11-20(23)16-2-3-16;1-21-17(20)14-8-13(12-2-3-12)16(9-15(14)18)22-10-11-4-6-19-7-5-11;1-5(9)6-2-7(10)4-8(11)3-6;4-7(5,6)3-1-2-3;;/h10-14,16-18,22H,2-9,15H2,1H3,(H,31,33);9-13,15-17H,3-8,14H2,1-2H3;8-12,14-16H,2-7,13H2,1H3,(H,29,30);8-9,11-12,19H,2-7,10H2,1H3;2-5H,1H3;3H,1-2H2,(H2,4,5,6);;1H2/q;;;;;;+1;/p-1/t16-;15-;14-;;;;;/m111...../s1. The second-order valence-corrected chi connectivity index (χ2v) is 46.1. The molecule has 4 heterocycles. The number of nitrogens with two attached hydrogens (primary N) is 1. The summed E-state index contributed by atoms with van der Waals surface area (Å²) in [7, 11) is -4.36. The number of carboxylic acids is 1. The fourth-order valence-corrected chi connectivity index (χ4v) is 22.2. The number of methoxy groups -OCH3 is 2. The predicted molar refractivity (Wildman–Crippen MR) is 546 cm³/mol. The molecule has 6 saturated carbocycles. The van der Waals surface area contributed by atoms with Crippen molar-refractivity contribution in [2.24, 2.45) is 28.8 Å². The third kappa shape index (κ3) is 34.0. The molecule has 8 aromatic carbocycles. The zero-order valence-corrected chi connectivity index (χ0v) is 89.0. The third-order valence-corrected chi connectivity index (χ3v) is 32.6. The number of hydrogen-bond acceptors (Lipinski definition) is 19. The van der Waals surface area contributed by atoms with E-state index in [4.69, 9.17) is 133 Å². The molecular weight excluding hydrogens is 2060 g/mol. The Hall–Kier alpha value is -6.57. The number of amides is 1. The van der Waals surface area contributed by atoms with Gasteiger partial charge in [0.15, 0.2) is 0 Å². The van der Waals surface area contributed by atoms with Gasteiger partial charge in [-0.2, -0.15) is 0 Å². The number of sulfonamides is 2. The number of esters is 2. The molecule has 768 valence electrons. The van der Waals surface area contributed by atoms with E-state index in [9.17, 15) is 58.7 Å². The molecule has 6 N–H and O–H groups in total. The van der Waals surface area contributed by atoms with Gasteiger partial charge in [0.1, 0.15) is 46.3 Å². The number of aromatic carboxylic acids is 1. The van der Waals surface area contributed by atoms with E-state index in [-0.39, 0.29) is 87.2 Å². The normalized spacial score (nSPS) is 18.5. The number of nitrogens with zero attached hydrogens (tertiary/aromatic N) is 3. The average molecular weight is 2180 g/mol. The molecule has 10 fully saturated rings. The molecule has 38 heteroatoms. The summed E-state index contributed by atoms with van der Waals surface area (Å²) < 4.78 is 138. The van der Waals surface area contributed by atoms with Gasteiger partial charge in [0.2, 0.25) is 20.0 Å². The van der Waals surface area contributed by atoms with E-state index in [0.29, 0.717) is 138 Å². The molecular formula is C104H122Cl9F4LiN6O16S2. The van der Waals surface area contributed by atoms with Crippen LogP contribution in [0, 0.1) is 46.9 Å². The van der Waals surface area contributed by atoms with Crippen molar-refractivity contribution in [1.29, 1.82) is 0 Å². The Morgan fingerprint density at radius 3 is 0.887 bits per heavy atom. The van der Waals surface area contributed by atoms with Gasteiger partial charge in [-0.1, -0.05) is 92.8 Å². The molecule has 4 atom stereocenters. The predicted octanol–water partition coefficient (Wildman–Crippen LogP) is 22.7. The van der Waals surface area contributed by atoms with Gasteiger partial charge in [-0.3, -0.25) is 19.5 Å². The number of nitrogens with one attached hydrogen (secondary N) is 2. The number of rotatable bonds is 30. The van der Waals surface area contributed by atoms with Crippen LogP contribution in [0.2, 0.25) is 40.2 Å². The van der Waals surface area contributed by atoms with Crippen molar-refractivity contribution in [3.8, 4) is 23.0 Å². The number of ether oxygens (including phenoxy) is 6. The Morgan fingerprint density at radius 1 is 0.387 bits per heavy atom. The number of carboxylic acid groups (broad SMARTS) is 1.